The van der Waals surface area contributed by atoms with Gasteiger partial charge in [-0.2, -0.15) is 22.1 Å². The predicted octanol–water partition coefficient (Wildman–Crippen LogP) is 1.50. The number of nitriles is 1. The molecule has 0 radical (unpaired) electrons. The van der Waals surface area contributed by atoms with Crippen molar-refractivity contribution in [3.05, 3.63) is 18.0 Å². The normalized spacial score (nSPS) is 25.2. The lowest BCUT2D eigenvalue weighted by atomic mass is 10.0. The molecule has 2 aliphatic heterocycles. The van der Waals surface area contributed by atoms with Gasteiger partial charge in [-0.25, -0.2) is 0 Å². The molecule has 2 aliphatic rings. The van der Waals surface area contributed by atoms with E-state index in [-0.39, 0.29) is 5.91 Å². The number of carbonyl (C=O) groups is 1. The molecule has 1 N–H and O–H groups in total. The molecule has 0 aliphatic carbocycles. The molecule has 1 aromatic heterocycles. The molecule has 2 fully saturated rings. The van der Waals surface area contributed by atoms with Crippen molar-refractivity contribution >= 4 is 17.7 Å². The van der Waals surface area contributed by atoms with Crippen LogP contribution in [0.25, 0.3) is 0 Å². The van der Waals surface area contributed by atoms with Crippen molar-refractivity contribution in [1.29, 1.82) is 5.26 Å². The van der Waals surface area contributed by atoms with Gasteiger partial charge in [0.25, 0.3) is 5.91 Å². The largest absolute Gasteiger partial charge is 0.333 e. The molecule has 2 saturated heterocycles. The Labute approximate surface area is 141 Å². The average Bonchev–Trinajstić information content (AvgIpc) is 3.24. The quantitative estimate of drug-likeness (QED) is 0.884. The number of carbonyl (C=O) groups excluding carboxylic acids is 1. The first-order chi connectivity index (χ1) is 11.2. The van der Waals surface area contributed by atoms with Gasteiger partial charge in [0.15, 0.2) is 0 Å². The second kappa shape index (κ2) is 7.37. The number of nitrogens with one attached hydrogen (secondary N) is 1. The molecule has 23 heavy (non-hydrogen) atoms. The maximum absolute atomic E-state index is 12.3. The Kier molecular flexibility index (Phi) is 5.23. The van der Waals surface area contributed by atoms with Gasteiger partial charge >= 0.3 is 0 Å². The van der Waals surface area contributed by atoms with Gasteiger partial charge in [-0.05, 0) is 38.1 Å². The van der Waals surface area contributed by atoms with Crippen molar-refractivity contribution in [3.63, 3.8) is 0 Å². The van der Waals surface area contributed by atoms with Crippen molar-refractivity contribution in [2.24, 2.45) is 0 Å². The zero-order chi connectivity index (χ0) is 16.1. The smallest absolute Gasteiger partial charge is 0.255 e. The highest BCUT2D eigenvalue weighted by molar-refractivity contribution is 7.99. The van der Waals surface area contributed by atoms with Gasteiger partial charge in [-0.1, -0.05) is 6.42 Å². The number of piperidine rings is 1. The highest BCUT2D eigenvalue weighted by atomic mass is 32.2. The predicted molar refractivity (Wildman–Crippen MR) is 90.3 cm³/mol. The van der Waals surface area contributed by atoms with Crippen molar-refractivity contribution in [2.45, 2.75) is 37.8 Å². The van der Waals surface area contributed by atoms with Gasteiger partial charge in [-0.15, -0.1) is 0 Å². The number of thioether (sulfide) groups is 1. The summed E-state index contributed by atoms with van der Waals surface area (Å²) in [6.45, 7) is 4.10. The molecule has 1 amide bonds. The Hall–Kier alpha value is -1.52. The van der Waals surface area contributed by atoms with Crippen LogP contribution in [0.2, 0.25) is 0 Å². The molecule has 0 bridgehead atoms. The molecule has 3 rings (SSSR count). The van der Waals surface area contributed by atoms with Gasteiger partial charge in [0.05, 0.1) is 24.4 Å². The minimum atomic E-state index is -0.711. The van der Waals surface area contributed by atoms with Crippen molar-refractivity contribution < 1.29 is 4.79 Å². The lowest BCUT2D eigenvalue weighted by Gasteiger charge is -2.26. The Morgan fingerprint density at radius 3 is 2.91 bits per heavy atom. The molecule has 3 heterocycles. The molecular weight excluding hydrogens is 310 g/mol. The Morgan fingerprint density at radius 2 is 2.22 bits per heavy atom. The van der Waals surface area contributed by atoms with E-state index in [0.717, 1.165) is 31.9 Å². The van der Waals surface area contributed by atoms with Crippen LogP contribution in [0.3, 0.4) is 0 Å². The van der Waals surface area contributed by atoms with Gasteiger partial charge in [0.2, 0.25) is 0 Å². The van der Waals surface area contributed by atoms with E-state index >= 15 is 0 Å². The van der Waals surface area contributed by atoms with Crippen LogP contribution >= 0.6 is 11.8 Å². The van der Waals surface area contributed by atoms with Crippen LogP contribution in [0.15, 0.2) is 12.4 Å². The third-order valence-electron chi connectivity index (χ3n) is 4.58. The summed E-state index contributed by atoms with van der Waals surface area (Å²) >= 11 is 1.71. The Balaban J connectivity index is 1.53. The number of rotatable bonds is 5. The molecule has 1 unspecified atom stereocenters. The Morgan fingerprint density at radius 1 is 1.39 bits per heavy atom. The number of amides is 1. The van der Waals surface area contributed by atoms with Crippen LogP contribution in [0.4, 0.5) is 0 Å². The first-order valence-electron chi connectivity index (χ1n) is 8.27. The standard InChI is InChI=1S/C16H23N5OS/c17-12-16(4-9-23-13-16)19-15(22)14-10-18-21(11-14)8-7-20-5-2-1-3-6-20/h10-11H,1-9,13H2,(H,19,22). The fourth-order valence-electron chi connectivity index (χ4n) is 3.10. The van der Waals surface area contributed by atoms with Gasteiger partial charge in [0, 0.05) is 18.5 Å². The lowest BCUT2D eigenvalue weighted by molar-refractivity contribution is 0.0926. The topological polar surface area (TPSA) is 74.0 Å². The summed E-state index contributed by atoms with van der Waals surface area (Å²) in [5, 5.41) is 16.5. The minimum Gasteiger partial charge on any atom is -0.333 e. The summed E-state index contributed by atoms with van der Waals surface area (Å²) < 4.78 is 1.83. The zero-order valence-corrected chi connectivity index (χ0v) is 14.1. The van der Waals surface area contributed by atoms with E-state index in [1.54, 1.807) is 24.2 Å². The molecule has 0 saturated carbocycles. The van der Waals surface area contributed by atoms with Crippen LogP contribution in [0, 0.1) is 11.3 Å². The van der Waals surface area contributed by atoms with E-state index in [2.05, 4.69) is 21.4 Å². The third-order valence-corrected chi connectivity index (χ3v) is 5.77. The SMILES string of the molecule is N#CC1(NC(=O)c2cnn(CCN3CCCCC3)c2)CCSC1. The van der Waals surface area contributed by atoms with Crippen LogP contribution < -0.4 is 5.32 Å². The second-order valence-corrected chi connectivity index (χ2v) is 7.45. The highest BCUT2D eigenvalue weighted by Gasteiger charge is 2.36. The molecule has 124 valence electrons. The van der Waals surface area contributed by atoms with Gasteiger partial charge in [0.1, 0.15) is 5.54 Å². The van der Waals surface area contributed by atoms with Crippen molar-refractivity contribution in [3.8, 4) is 6.07 Å². The van der Waals surface area contributed by atoms with Gasteiger partial charge < -0.3 is 10.2 Å². The van der Waals surface area contributed by atoms with Crippen molar-refractivity contribution in [2.75, 3.05) is 31.1 Å². The van der Waals surface area contributed by atoms with E-state index in [1.165, 1.54) is 19.3 Å². The first kappa shape index (κ1) is 16.3. The highest BCUT2D eigenvalue weighted by Crippen LogP contribution is 2.27. The fourth-order valence-corrected chi connectivity index (χ4v) is 4.37. The molecule has 7 heteroatoms. The second-order valence-electron chi connectivity index (χ2n) is 6.35. The summed E-state index contributed by atoms with van der Waals surface area (Å²) in [6, 6.07) is 2.27. The van der Waals surface area contributed by atoms with Crippen LogP contribution in [-0.2, 0) is 6.54 Å². The van der Waals surface area contributed by atoms with E-state index in [4.69, 9.17) is 0 Å². The van der Waals surface area contributed by atoms with Crippen LogP contribution in [-0.4, -0.2) is 57.3 Å². The summed E-state index contributed by atoms with van der Waals surface area (Å²) in [4.78, 5) is 14.8. The number of nitrogens with zero attached hydrogens (tertiary/aromatic N) is 4. The van der Waals surface area contributed by atoms with Crippen LogP contribution in [0.1, 0.15) is 36.0 Å². The monoisotopic (exact) mass is 333 g/mol. The van der Waals surface area contributed by atoms with Crippen molar-refractivity contribution in [1.82, 2.24) is 20.0 Å². The van der Waals surface area contributed by atoms with E-state index < -0.39 is 5.54 Å². The number of hydrogen-bond acceptors (Lipinski definition) is 5. The summed E-state index contributed by atoms with van der Waals surface area (Å²) in [5.41, 5.74) is -0.173. The summed E-state index contributed by atoms with van der Waals surface area (Å²) in [6.07, 6.45) is 7.98. The average molecular weight is 333 g/mol. The lowest BCUT2D eigenvalue weighted by Crippen LogP contribution is -2.47. The minimum absolute atomic E-state index is 0.196. The maximum atomic E-state index is 12.3. The zero-order valence-electron chi connectivity index (χ0n) is 13.3. The number of hydrogen-bond donors (Lipinski definition) is 1. The molecule has 1 aromatic rings. The third kappa shape index (κ3) is 4.06. The van der Waals surface area contributed by atoms with E-state index in [0.29, 0.717) is 17.7 Å². The fraction of sp³-hybridized carbons (Fsp3) is 0.688. The number of aromatic nitrogens is 2. The van der Waals surface area contributed by atoms with E-state index in [9.17, 15) is 10.1 Å². The number of likely N-dealkylation sites (tertiary alicyclic amines) is 1. The summed E-state index contributed by atoms with van der Waals surface area (Å²) in [5.74, 6) is 1.39. The van der Waals surface area contributed by atoms with E-state index in [1.807, 2.05) is 4.68 Å². The maximum Gasteiger partial charge on any atom is 0.255 e. The molecule has 0 aromatic carbocycles. The molecule has 1 atom stereocenters. The molecule has 6 nitrogen and oxygen atoms in total. The molecular formula is C16H23N5OS. The summed E-state index contributed by atoms with van der Waals surface area (Å²) in [7, 11) is 0. The Bertz CT molecular complexity index is 582. The van der Waals surface area contributed by atoms with Gasteiger partial charge in [-0.3, -0.25) is 9.48 Å². The molecule has 0 spiro atoms. The van der Waals surface area contributed by atoms with Crippen LogP contribution in [0.5, 0.6) is 0 Å². The first-order valence-corrected chi connectivity index (χ1v) is 9.43.